The van der Waals surface area contributed by atoms with Crippen molar-refractivity contribution in [3.63, 3.8) is 0 Å². The molecule has 0 heterocycles. The van der Waals surface area contributed by atoms with Crippen molar-refractivity contribution in [2.24, 2.45) is 0 Å². The van der Waals surface area contributed by atoms with E-state index in [2.05, 4.69) is 9.05 Å². The molecule has 2 unspecified atom stereocenters. The summed E-state index contributed by atoms with van der Waals surface area (Å²) in [6.07, 6.45) is -1.22. The van der Waals surface area contributed by atoms with Gasteiger partial charge in [-0.05, 0) is 0 Å². The fraction of sp³-hybridized carbons (Fsp3) is 1.00. The van der Waals surface area contributed by atoms with Gasteiger partial charge in [-0.25, -0.2) is 0 Å². The second-order valence-corrected chi connectivity index (χ2v) is 5.84. The topological polar surface area (TPSA) is 99.1 Å². The Hall–Kier alpha value is 1.49. The second-order valence-electron chi connectivity index (χ2n) is 4.43. The molecule has 0 aromatic rings. The van der Waals surface area contributed by atoms with Gasteiger partial charge in [0.1, 0.15) is 19.3 Å². The third-order valence-corrected chi connectivity index (χ3v) is 2.61. The monoisotopic (exact) mass is 441 g/mol. The summed E-state index contributed by atoms with van der Waals surface area (Å²) >= 11 is 0. The molecule has 2 N–H and O–H groups in total. The van der Waals surface area contributed by atoms with Crippen LogP contribution < -0.4 is 29.7 Å². The van der Waals surface area contributed by atoms with E-state index >= 15 is 0 Å². The zero-order valence-corrected chi connectivity index (χ0v) is 17.7. The van der Waals surface area contributed by atoms with Gasteiger partial charge in [0.05, 0.1) is 34.4 Å². The van der Waals surface area contributed by atoms with Crippen LogP contribution in [0.25, 0.3) is 0 Å². The molecule has 116 valence electrons. The van der Waals surface area contributed by atoms with E-state index < -0.39 is 27.1 Å². The van der Waals surface area contributed by atoms with Gasteiger partial charge >= 0.3 is 0 Å². The van der Waals surface area contributed by atoms with Crippen LogP contribution >= 0.6 is 7.82 Å². The Balaban J connectivity index is -0.000000375. The van der Waals surface area contributed by atoms with Crippen LogP contribution in [-0.4, -0.2) is 68.3 Å². The summed E-state index contributed by atoms with van der Waals surface area (Å²) in [6, 6.07) is 0. The molecule has 0 rings (SSSR count). The van der Waals surface area contributed by atoms with Crippen LogP contribution in [0.15, 0.2) is 0 Å². The van der Waals surface area contributed by atoms with E-state index in [1.807, 2.05) is 21.1 Å². The minimum Gasteiger partial charge on any atom is -1.00 e. The number of aliphatic hydroxyl groups excluding tert-OH is 2. The Bertz CT molecular complexity index is 256. The summed E-state index contributed by atoms with van der Waals surface area (Å²) in [7, 11) is 1.32. The molecule has 0 aliphatic heterocycles. The Kier molecular flexibility index (Phi) is 19.9. The number of halogens is 2. The molecule has 0 aliphatic rings. The van der Waals surface area contributed by atoms with Crippen LogP contribution in [0.3, 0.4) is 0 Å². The summed E-state index contributed by atoms with van der Waals surface area (Å²) in [5, 5.41) is 17.3. The molecule has 7 nitrogen and oxygen atoms in total. The Labute approximate surface area is 146 Å². The Morgan fingerprint density at radius 3 is 2.11 bits per heavy atom. The predicted octanol–water partition coefficient (Wildman–Crippen LogP) is -7.45. The first-order chi connectivity index (χ1) is 7.16. The van der Waals surface area contributed by atoms with Gasteiger partial charge in [0.2, 0.25) is 0 Å². The number of phosphoric acid groups is 1. The summed E-state index contributed by atoms with van der Waals surface area (Å²) < 4.78 is 20.6. The van der Waals surface area contributed by atoms with Gasteiger partial charge in [-0.1, -0.05) is 0 Å². The molecule has 19 heavy (non-hydrogen) atoms. The van der Waals surface area contributed by atoms with Gasteiger partial charge in [-0.2, -0.15) is 0 Å². The molecular weight excluding hydrogens is 420 g/mol. The van der Waals surface area contributed by atoms with Gasteiger partial charge in [0.15, 0.2) is 0 Å². The minimum atomic E-state index is -4.38. The number of rotatable bonds is 8. The number of aliphatic hydroxyl groups is 2. The van der Waals surface area contributed by atoms with Crippen LogP contribution in [0.5, 0.6) is 0 Å². The average molecular weight is 441 g/mol. The number of likely N-dealkylation sites (N-methyl/N-ethyl adjacent to an activating group) is 1. The van der Waals surface area contributed by atoms with Gasteiger partial charge in [0, 0.05) is 27.3 Å². The first kappa shape index (κ1) is 28.6. The Morgan fingerprint density at radius 2 is 1.74 bits per heavy atom. The number of phosphoric ester groups is 1. The predicted molar refractivity (Wildman–Crippen MR) is 55.5 cm³/mol. The number of hydrogen-bond donors (Lipinski definition) is 2. The van der Waals surface area contributed by atoms with Crippen molar-refractivity contribution in [2.75, 3.05) is 47.5 Å². The molecule has 0 saturated carbocycles. The van der Waals surface area contributed by atoms with Crippen molar-refractivity contribution < 1.29 is 85.3 Å². The van der Waals surface area contributed by atoms with E-state index in [9.17, 15) is 9.46 Å². The van der Waals surface area contributed by atoms with E-state index in [1.54, 1.807) is 0 Å². The van der Waals surface area contributed by atoms with Crippen molar-refractivity contribution in [3.8, 4) is 0 Å². The Morgan fingerprint density at radius 1 is 1.26 bits per heavy atom. The summed E-state index contributed by atoms with van der Waals surface area (Å²) in [5.41, 5.74) is 0. The zero-order valence-electron chi connectivity index (χ0n) is 11.3. The molecule has 0 amide bonds. The van der Waals surface area contributed by atoms with E-state index in [0.717, 1.165) is 0 Å². The fourth-order valence-corrected chi connectivity index (χ4v) is 1.43. The zero-order chi connectivity index (χ0) is 12.8. The van der Waals surface area contributed by atoms with Gasteiger partial charge in [-0.15, -0.1) is 0 Å². The molecule has 0 bridgehead atoms. The molecule has 0 aromatic carbocycles. The first-order valence-corrected chi connectivity index (χ1v) is 6.32. The molecule has 11 heteroatoms. The molecule has 0 fully saturated rings. The fourth-order valence-electron chi connectivity index (χ4n) is 0.694. The van der Waals surface area contributed by atoms with E-state index in [1.165, 1.54) is 0 Å². The van der Waals surface area contributed by atoms with Crippen LogP contribution in [0, 0.1) is 0 Å². The second kappa shape index (κ2) is 13.2. The molecule has 0 saturated heterocycles. The maximum absolute atomic E-state index is 11.1. The quantitative estimate of drug-likeness (QED) is 0.221. The third-order valence-electron chi connectivity index (χ3n) is 1.65. The molecule has 0 aliphatic carbocycles. The van der Waals surface area contributed by atoms with Crippen molar-refractivity contribution in [2.45, 2.75) is 6.10 Å². The third kappa shape index (κ3) is 19.5. The van der Waals surface area contributed by atoms with Crippen LogP contribution in [0.2, 0.25) is 0 Å². The van der Waals surface area contributed by atoms with Crippen LogP contribution in [-0.2, 0) is 40.9 Å². The van der Waals surface area contributed by atoms with E-state index in [4.69, 9.17) is 10.2 Å². The number of nitrogens with zero attached hydrogens (tertiary/aromatic N) is 1. The standard InChI is InChI=1S/C8H20NO6P.Cd.2ClH/c1-9(2,3)4-5-14-16(12,13)15-7-8(11)6-10;;;/h8,10-11H,4-7H2,1-3H3;;2*1H/p-2. The SMILES string of the molecule is C[N+](C)(C)CCOP(=O)([O-])OCC(O)CO.[Cd].[Cl-].[Cl-]. The normalized spacial score (nSPS) is 15.3. The average Bonchev–Trinajstić information content (AvgIpc) is 2.12. The number of quaternary nitrogens is 1. The molecule has 0 spiro atoms. The molecule has 0 aromatic heterocycles. The summed E-state index contributed by atoms with van der Waals surface area (Å²) in [4.78, 5) is 11.1. The van der Waals surface area contributed by atoms with Crippen molar-refractivity contribution in [3.05, 3.63) is 0 Å². The van der Waals surface area contributed by atoms with E-state index in [0.29, 0.717) is 11.0 Å². The summed E-state index contributed by atoms with van der Waals surface area (Å²) in [6.45, 7) is -0.530. The first-order valence-electron chi connectivity index (χ1n) is 4.86. The number of hydrogen-bond acceptors (Lipinski definition) is 6. The largest absolute Gasteiger partial charge is 1.00 e. The van der Waals surface area contributed by atoms with Crippen molar-refractivity contribution in [1.82, 2.24) is 0 Å². The van der Waals surface area contributed by atoms with Gasteiger partial charge < -0.3 is 53.5 Å². The van der Waals surface area contributed by atoms with Crippen LogP contribution in [0.4, 0.5) is 0 Å². The molecular formula is C8H20CdCl2NO6P-2. The van der Waals surface area contributed by atoms with Crippen LogP contribution in [0.1, 0.15) is 0 Å². The summed E-state index contributed by atoms with van der Waals surface area (Å²) in [5.74, 6) is 0. The van der Waals surface area contributed by atoms with E-state index in [-0.39, 0.29) is 58.7 Å². The van der Waals surface area contributed by atoms with Crippen molar-refractivity contribution in [1.29, 1.82) is 0 Å². The molecule has 2 atom stereocenters. The van der Waals surface area contributed by atoms with Gasteiger partial charge in [0.25, 0.3) is 7.82 Å². The van der Waals surface area contributed by atoms with Crippen molar-refractivity contribution >= 4 is 7.82 Å². The minimum absolute atomic E-state index is 0. The maximum Gasteiger partial charge on any atom is 0.268 e. The smallest absolute Gasteiger partial charge is 0.268 e. The van der Waals surface area contributed by atoms with Gasteiger partial charge in [-0.3, -0.25) is 4.57 Å². The maximum atomic E-state index is 11.1. The molecule has 0 radical (unpaired) electrons.